The van der Waals surface area contributed by atoms with Crippen molar-refractivity contribution in [2.45, 2.75) is 38.1 Å². The summed E-state index contributed by atoms with van der Waals surface area (Å²) in [5.74, 6) is 0. The van der Waals surface area contributed by atoms with Crippen molar-refractivity contribution in [2.75, 3.05) is 14.1 Å². The van der Waals surface area contributed by atoms with Gasteiger partial charge >= 0.3 is 0 Å². The van der Waals surface area contributed by atoms with E-state index in [9.17, 15) is 4.79 Å². The van der Waals surface area contributed by atoms with Crippen molar-refractivity contribution in [2.24, 2.45) is 5.10 Å². The van der Waals surface area contributed by atoms with Crippen LogP contribution in [0.25, 0.3) is 0 Å². The van der Waals surface area contributed by atoms with Crippen LogP contribution in [-0.4, -0.2) is 30.8 Å². The van der Waals surface area contributed by atoms with E-state index in [1.807, 2.05) is 14.1 Å². The number of rotatable bonds is 2. The van der Waals surface area contributed by atoms with Crippen molar-refractivity contribution in [3.63, 3.8) is 0 Å². The van der Waals surface area contributed by atoms with Gasteiger partial charge < -0.3 is 0 Å². The molecule has 0 aromatic heterocycles. The first-order chi connectivity index (χ1) is 5.67. The predicted octanol–water partition coefficient (Wildman–Crippen LogP) is 1.65. The molecule has 0 N–H and O–H groups in total. The van der Waals surface area contributed by atoms with Gasteiger partial charge in [0.2, 0.25) is 0 Å². The normalized spacial score (nSPS) is 20.2. The van der Waals surface area contributed by atoms with Crippen LogP contribution in [0.1, 0.15) is 32.1 Å². The first-order valence-corrected chi connectivity index (χ1v) is 4.60. The Kier molecular flexibility index (Phi) is 3.01. The van der Waals surface area contributed by atoms with Gasteiger partial charge in [0.1, 0.15) is 6.04 Å². The second-order valence-electron chi connectivity index (χ2n) is 3.96. The predicted molar refractivity (Wildman–Crippen MR) is 47.1 cm³/mol. The minimum Gasteiger partial charge on any atom is -0.206 e. The fourth-order valence-electron chi connectivity index (χ4n) is 1.90. The zero-order chi connectivity index (χ0) is 9.03. The molecular formula is C9H17N2O+. The fourth-order valence-corrected chi connectivity index (χ4v) is 1.90. The number of hydrogen-bond acceptors (Lipinski definition) is 2. The minimum atomic E-state index is 0.462. The molecule has 1 saturated carbocycles. The lowest BCUT2D eigenvalue weighted by Gasteiger charge is -2.32. The van der Waals surface area contributed by atoms with E-state index in [4.69, 9.17) is 0 Å². The molecule has 1 rings (SSSR count). The maximum Gasteiger partial charge on any atom is 0.294 e. The first-order valence-electron chi connectivity index (χ1n) is 4.60. The molecule has 0 aromatic rings. The van der Waals surface area contributed by atoms with Crippen molar-refractivity contribution in [1.29, 1.82) is 0 Å². The Hall–Kier alpha value is -0.660. The summed E-state index contributed by atoms with van der Waals surface area (Å²) < 4.78 is 0.462. The summed E-state index contributed by atoms with van der Waals surface area (Å²) in [5.41, 5.74) is 0. The van der Waals surface area contributed by atoms with Crippen LogP contribution >= 0.6 is 0 Å². The molecule has 0 spiro atoms. The second kappa shape index (κ2) is 3.83. The quantitative estimate of drug-likeness (QED) is 0.267. The molecule has 1 aliphatic rings. The molecule has 1 aliphatic carbocycles. The average molecular weight is 169 g/mol. The highest BCUT2D eigenvalue weighted by Gasteiger charge is 2.30. The monoisotopic (exact) mass is 169 g/mol. The number of hydrogen-bond donors (Lipinski definition) is 0. The van der Waals surface area contributed by atoms with Crippen LogP contribution in [-0.2, 0) is 4.79 Å². The summed E-state index contributed by atoms with van der Waals surface area (Å²) in [6, 6.07) is 0.528. The van der Waals surface area contributed by atoms with E-state index in [0.29, 0.717) is 10.6 Å². The molecule has 0 aliphatic heterocycles. The molecule has 0 unspecified atom stereocenters. The van der Waals surface area contributed by atoms with Gasteiger partial charge in [-0.3, -0.25) is 0 Å². The van der Waals surface area contributed by atoms with Crippen molar-refractivity contribution in [3.8, 4) is 0 Å². The molecule has 0 aromatic carbocycles. The Bertz CT molecular complexity index is 189. The smallest absolute Gasteiger partial charge is 0.206 e. The van der Waals surface area contributed by atoms with Crippen LogP contribution in [0, 0.1) is 0 Å². The lowest BCUT2D eigenvalue weighted by molar-refractivity contribution is -0.922. The molecule has 3 heteroatoms. The van der Waals surface area contributed by atoms with Crippen molar-refractivity contribution in [1.82, 2.24) is 0 Å². The van der Waals surface area contributed by atoms with Crippen LogP contribution in [0.2, 0.25) is 0 Å². The highest BCUT2D eigenvalue weighted by atomic mass is 16.1. The summed E-state index contributed by atoms with van der Waals surface area (Å²) >= 11 is 0. The van der Waals surface area contributed by atoms with Crippen LogP contribution in [0.4, 0.5) is 0 Å². The summed E-state index contributed by atoms with van der Waals surface area (Å²) in [5, 5.41) is 3.81. The SMILES string of the molecule is C[N+](C)(N=C=O)C1CCCCC1. The van der Waals surface area contributed by atoms with Gasteiger partial charge in [-0.1, -0.05) is 6.42 Å². The van der Waals surface area contributed by atoms with E-state index >= 15 is 0 Å². The molecular weight excluding hydrogens is 152 g/mol. The third-order valence-corrected chi connectivity index (χ3v) is 2.77. The molecule has 1 fully saturated rings. The molecule has 0 radical (unpaired) electrons. The van der Waals surface area contributed by atoms with E-state index in [-0.39, 0.29) is 0 Å². The number of nitrogens with zero attached hydrogens (tertiary/aromatic N) is 2. The van der Waals surface area contributed by atoms with Gasteiger partial charge in [0, 0.05) is 17.9 Å². The standard InChI is InChI=1S/C9H17N2O/c1-11(2,10-8-12)9-6-4-3-5-7-9/h9H,3-7H2,1-2H3/q+1. The van der Waals surface area contributed by atoms with Crippen molar-refractivity contribution in [3.05, 3.63) is 0 Å². The summed E-state index contributed by atoms with van der Waals surface area (Å²) in [6.07, 6.45) is 7.93. The van der Waals surface area contributed by atoms with Crippen molar-refractivity contribution < 1.29 is 9.39 Å². The van der Waals surface area contributed by atoms with Gasteiger partial charge in [0.15, 0.2) is 0 Å². The molecule has 0 bridgehead atoms. The van der Waals surface area contributed by atoms with E-state index in [2.05, 4.69) is 5.10 Å². The van der Waals surface area contributed by atoms with E-state index in [1.165, 1.54) is 32.1 Å². The number of quaternary nitrogens is 1. The largest absolute Gasteiger partial charge is 0.294 e. The Balaban J connectivity index is 2.59. The fraction of sp³-hybridized carbons (Fsp3) is 0.889. The van der Waals surface area contributed by atoms with Crippen molar-refractivity contribution >= 4 is 6.08 Å². The summed E-state index contributed by atoms with van der Waals surface area (Å²) in [7, 11) is 3.95. The number of carbonyl (C=O) groups excluding carboxylic acids is 1. The molecule has 0 heterocycles. The maximum atomic E-state index is 10.2. The van der Waals surface area contributed by atoms with E-state index in [1.54, 1.807) is 6.08 Å². The molecule has 68 valence electrons. The molecule has 0 atom stereocenters. The zero-order valence-electron chi connectivity index (χ0n) is 7.92. The third kappa shape index (κ3) is 2.16. The van der Waals surface area contributed by atoms with Gasteiger partial charge in [-0.15, -0.1) is 0 Å². The zero-order valence-corrected chi connectivity index (χ0v) is 7.92. The maximum absolute atomic E-state index is 10.2. The highest BCUT2D eigenvalue weighted by Crippen LogP contribution is 2.25. The van der Waals surface area contributed by atoms with Crippen LogP contribution in [0.5, 0.6) is 0 Å². The minimum absolute atomic E-state index is 0.462. The van der Waals surface area contributed by atoms with Gasteiger partial charge in [-0.2, -0.15) is 4.59 Å². The van der Waals surface area contributed by atoms with E-state index in [0.717, 1.165) is 0 Å². The van der Waals surface area contributed by atoms with Crippen LogP contribution in [0.15, 0.2) is 5.10 Å². The molecule has 3 nitrogen and oxygen atoms in total. The topological polar surface area (TPSA) is 29.4 Å². The Morgan fingerprint density at radius 1 is 1.25 bits per heavy atom. The summed E-state index contributed by atoms with van der Waals surface area (Å²) in [6.45, 7) is 0. The Morgan fingerprint density at radius 2 is 1.83 bits per heavy atom. The molecule has 0 saturated heterocycles. The molecule has 12 heavy (non-hydrogen) atoms. The lowest BCUT2D eigenvalue weighted by Crippen LogP contribution is -2.44. The third-order valence-electron chi connectivity index (χ3n) is 2.77. The van der Waals surface area contributed by atoms with Gasteiger partial charge in [0.25, 0.3) is 6.08 Å². The average Bonchev–Trinajstić information content (AvgIpc) is 2.06. The van der Waals surface area contributed by atoms with Gasteiger partial charge in [-0.25, -0.2) is 4.79 Å². The second-order valence-corrected chi connectivity index (χ2v) is 3.96. The molecule has 0 amide bonds. The van der Waals surface area contributed by atoms with Crippen LogP contribution < -0.4 is 0 Å². The van der Waals surface area contributed by atoms with Crippen LogP contribution in [0.3, 0.4) is 0 Å². The van der Waals surface area contributed by atoms with Gasteiger partial charge in [0.05, 0.1) is 14.1 Å². The summed E-state index contributed by atoms with van der Waals surface area (Å²) in [4.78, 5) is 10.2. The van der Waals surface area contributed by atoms with E-state index < -0.39 is 0 Å². The number of isocyanates is 1. The Morgan fingerprint density at radius 3 is 2.33 bits per heavy atom. The lowest BCUT2D eigenvalue weighted by atomic mass is 9.94. The highest BCUT2D eigenvalue weighted by molar-refractivity contribution is 5.31. The van der Waals surface area contributed by atoms with Gasteiger partial charge in [-0.05, 0) is 12.8 Å². The Labute approximate surface area is 73.6 Å². The first kappa shape index (κ1) is 9.43.